The zero-order valence-corrected chi connectivity index (χ0v) is 4.82. The molecule has 0 saturated carbocycles. The maximum Gasteiger partial charge on any atom is 3.00 e. The molecule has 6 heavy (non-hydrogen) atoms. The van der Waals surface area contributed by atoms with Crippen LogP contribution in [0.1, 0.15) is 4.28 Å². The Morgan fingerprint density at radius 1 is 1.33 bits per heavy atom. The number of hydrogen-bond acceptors (Lipinski definition) is 1. The summed E-state index contributed by atoms with van der Waals surface area (Å²) in [6, 6.07) is 0. The van der Waals surface area contributed by atoms with Crippen molar-refractivity contribution in [3.63, 3.8) is 0 Å². The molecule has 0 aliphatic rings. The molecule has 0 aromatic rings. The van der Waals surface area contributed by atoms with Crippen molar-refractivity contribution in [3.05, 3.63) is 0 Å². The molecular formula is H6AlO4P+6. The second kappa shape index (κ2) is 2.76. The molecule has 4 nitrogen and oxygen atoms in total. The van der Waals surface area contributed by atoms with Crippen molar-refractivity contribution in [2.24, 2.45) is 0 Å². The number of rotatable bonds is 0. The summed E-state index contributed by atoms with van der Waals surface area (Å²) in [5.74, 6) is 0. The quantitative estimate of drug-likeness (QED) is 0.289. The van der Waals surface area contributed by atoms with E-state index >= 15 is 0 Å². The van der Waals surface area contributed by atoms with Crippen LogP contribution in [-0.2, 0) is 4.57 Å². The number of hydrogen-bond donors (Lipinski definition) is 3. The fraction of sp³-hybridized carbons (Fsp3) is 0. The Morgan fingerprint density at radius 2 is 1.33 bits per heavy atom. The topological polar surface area (TPSA) is 77.8 Å². The molecule has 0 spiro atoms. The fourth-order valence-corrected chi connectivity index (χ4v) is 0. The molecule has 0 aliphatic carbocycles. The largest absolute Gasteiger partial charge is 3.00 e. The van der Waals surface area contributed by atoms with Gasteiger partial charge in [-0.1, -0.05) is 0 Å². The van der Waals surface area contributed by atoms with Gasteiger partial charge in [-0.15, -0.1) is 0 Å². The predicted octanol–water partition coefficient (Wildman–Crippen LogP) is -0.972. The summed E-state index contributed by atoms with van der Waals surface area (Å²) in [6.07, 6.45) is 0. The van der Waals surface area contributed by atoms with E-state index in [1.165, 1.54) is 0 Å². The van der Waals surface area contributed by atoms with Crippen molar-refractivity contribution in [1.29, 1.82) is 0 Å². The molecule has 0 atom stereocenters. The molecule has 3 N–H and O–H groups in total. The van der Waals surface area contributed by atoms with Crippen LogP contribution < -0.4 is 0 Å². The van der Waals surface area contributed by atoms with Crippen molar-refractivity contribution < 1.29 is 23.5 Å². The van der Waals surface area contributed by atoms with Gasteiger partial charge in [-0.05, 0) is 0 Å². The third-order valence-corrected chi connectivity index (χ3v) is 0. The van der Waals surface area contributed by atoms with Crippen LogP contribution >= 0.6 is 7.82 Å². The van der Waals surface area contributed by atoms with Gasteiger partial charge in [0.15, 0.2) is 0 Å². The van der Waals surface area contributed by atoms with Crippen LogP contribution in [0.25, 0.3) is 0 Å². The van der Waals surface area contributed by atoms with E-state index in [1.54, 1.807) is 0 Å². The van der Waals surface area contributed by atoms with Gasteiger partial charge in [-0.2, -0.15) is 0 Å². The van der Waals surface area contributed by atoms with Crippen LogP contribution in [0.5, 0.6) is 0 Å². The minimum atomic E-state index is -4.64. The zero-order valence-electron chi connectivity index (χ0n) is 5.77. The molecule has 0 heterocycles. The van der Waals surface area contributed by atoms with Gasteiger partial charge in [0.2, 0.25) is 0 Å². The third kappa shape index (κ3) is 149. The van der Waals surface area contributed by atoms with Gasteiger partial charge in [-0.3, -0.25) is 0 Å². The van der Waals surface area contributed by atoms with Gasteiger partial charge in [0.25, 0.3) is 0 Å². The van der Waals surface area contributed by atoms with Gasteiger partial charge in [-0.25, -0.2) is 4.57 Å². The monoisotopic (exact) mass is 128 g/mol. The molecule has 0 amide bonds. The Balaban J connectivity index is -0.0000000133. The second-order valence-electron chi connectivity index (χ2n) is 0.513. The standard InChI is InChI=1S/Al.H3O4P/c;1-5(2,3)4/h;(H3,1,2,3,4)/q+3;/p+3. The molecular weight excluding hydrogens is 122 g/mol. The summed E-state index contributed by atoms with van der Waals surface area (Å²) in [5.41, 5.74) is 0. The minimum Gasteiger partial charge on any atom is -0.303 e. The Labute approximate surface area is 49.6 Å². The van der Waals surface area contributed by atoms with E-state index in [0.29, 0.717) is 0 Å². The molecule has 6 heteroatoms. The fourth-order valence-electron chi connectivity index (χ4n) is 0. The maximum atomic E-state index is 8.88. The van der Waals surface area contributed by atoms with E-state index in [9.17, 15) is 0 Å². The first-order valence-electron chi connectivity index (χ1n) is 0.783. The predicted molar refractivity (Wildman–Crippen MR) is 23.4 cm³/mol. The van der Waals surface area contributed by atoms with Gasteiger partial charge >= 0.3 is 29.5 Å². The first kappa shape index (κ1) is 9.81. The zero-order chi connectivity index (χ0) is 4.50. The van der Waals surface area contributed by atoms with E-state index < -0.39 is 7.82 Å². The van der Waals surface area contributed by atoms with Gasteiger partial charge in [0.1, 0.15) is 0 Å². The SMILES string of the molecule is O=P(O)(O)O.[Al+3].[H+].[H+].[H+]. The van der Waals surface area contributed by atoms with Crippen molar-refractivity contribution >= 4 is 25.2 Å². The molecule has 0 bridgehead atoms. The van der Waals surface area contributed by atoms with E-state index in [0.717, 1.165) is 0 Å². The van der Waals surface area contributed by atoms with Crippen molar-refractivity contribution in [3.8, 4) is 0 Å². The molecule has 0 saturated heterocycles. The van der Waals surface area contributed by atoms with Crippen LogP contribution in [0.2, 0.25) is 0 Å². The molecule has 0 unspecified atom stereocenters. The molecule has 32 valence electrons. The average Bonchev–Trinajstić information content (AvgIpc) is 0.722. The van der Waals surface area contributed by atoms with E-state index in [4.69, 9.17) is 19.2 Å². The smallest absolute Gasteiger partial charge is 0.303 e. The summed E-state index contributed by atoms with van der Waals surface area (Å²) in [6.45, 7) is 0. The Morgan fingerprint density at radius 3 is 1.33 bits per heavy atom. The van der Waals surface area contributed by atoms with Crippen LogP contribution in [0.15, 0.2) is 0 Å². The first-order chi connectivity index (χ1) is 2.00. The van der Waals surface area contributed by atoms with Gasteiger partial charge < -0.3 is 14.7 Å². The van der Waals surface area contributed by atoms with E-state index in [1.807, 2.05) is 0 Å². The van der Waals surface area contributed by atoms with Crippen molar-refractivity contribution in [2.45, 2.75) is 0 Å². The van der Waals surface area contributed by atoms with Crippen molar-refractivity contribution in [1.82, 2.24) is 0 Å². The van der Waals surface area contributed by atoms with Crippen molar-refractivity contribution in [2.75, 3.05) is 0 Å². The molecule has 0 radical (unpaired) electrons. The van der Waals surface area contributed by atoms with Crippen LogP contribution in [0.3, 0.4) is 0 Å². The third-order valence-electron chi connectivity index (χ3n) is 0. The summed E-state index contributed by atoms with van der Waals surface area (Å²) in [5, 5.41) is 0. The summed E-state index contributed by atoms with van der Waals surface area (Å²) >= 11 is 0. The average molecular weight is 128 g/mol. The summed E-state index contributed by atoms with van der Waals surface area (Å²) in [4.78, 5) is 21.6. The molecule has 0 fully saturated rings. The van der Waals surface area contributed by atoms with Crippen LogP contribution in [0, 0.1) is 0 Å². The Kier molecular flexibility index (Phi) is 4.51. The molecule has 0 aromatic heterocycles. The first-order valence-corrected chi connectivity index (χ1v) is 2.35. The Hall–Kier alpha value is 0.642. The minimum absolute atomic E-state index is 0. The molecule has 0 aliphatic heterocycles. The van der Waals surface area contributed by atoms with E-state index in [-0.39, 0.29) is 21.6 Å². The van der Waals surface area contributed by atoms with E-state index in [2.05, 4.69) is 0 Å². The second-order valence-corrected chi connectivity index (χ2v) is 1.54. The molecule has 0 aromatic carbocycles. The van der Waals surface area contributed by atoms with Crippen LogP contribution in [0.4, 0.5) is 0 Å². The summed E-state index contributed by atoms with van der Waals surface area (Å²) in [7, 11) is -4.64. The number of phosphoric acid groups is 1. The molecule has 0 rings (SSSR count). The Bertz CT molecular complexity index is 61.9. The normalized spacial score (nSPS) is 9.83. The van der Waals surface area contributed by atoms with Gasteiger partial charge in [0, 0.05) is 0 Å². The van der Waals surface area contributed by atoms with Gasteiger partial charge in [0.05, 0.1) is 0 Å². The summed E-state index contributed by atoms with van der Waals surface area (Å²) < 4.78 is 8.88. The maximum absolute atomic E-state index is 8.88. The van der Waals surface area contributed by atoms with Crippen LogP contribution in [-0.4, -0.2) is 32.0 Å².